The molecule has 4 N–H and O–H groups in total. The summed E-state index contributed by atoms with van der Waals surface area (Å²) in [5.41, 5.74) is 12.2. The summed E-state index contributed by atoms with van der Waals surface area (Å²) in [5, 5.41) is 8.54. The van der Waals surface area contributed by atoms with Crippen LogP contribution in [0.1, 0.15) is 5.56 Å². The molecule has 0 aliphatic heterocycles. The van der Waals surface area contributed by atoms with E-state index in [1.807, 2.05) is 6.07 Å². The van der Waals surface area contributed by atoms with Gasteiger partial charge < -0.3 is 11.5 Å². The molecular weight excluding hydrogens is 158 g/mol. The maximum absolute atomic E-state index is 8.54. The molecule has 1 rings (SSSR count). The van der Waals surface area contributed by atoms with Gasteiger partial charge in [-0.2, -0.15) is 5.26 Å². The molecule has 11 heavy (non-hydrogen) atoms. The molecule has 0 atom stereocenters. The Bertz CT molecular complexity index is 327. The first-order chi connectivity index (χ1) is 5.15. The fourth-order valence-electron chi connectivity index (χ4n) is 0.711. The third-order valence-electron chi connectivity index (χ3n) is 1.32. The van der Waals surface area contributed by atoms with E-state index >= 15 is 0 Å². The van der Waals surface area contributed by atoms with Crippen molar-refractivity contribution in [2.75, 3.05) is 11.5 Å². The molecule has 56 valence electrons. The molecule has 0 aliphatic carbocycles. The topological polar surface area (TPSA) is 75.8 Å². The van der Waals surface area contributed by atoms with Crippen LogP contribution in [0.3, 0.4) is 0 Å². The molecule has 0 fully saturated rings. The largest absolute Gasteiger partial charge is 0.397 e. The number of nitrogens with zero attached hydrogens (tertiary/aromatic N) is 1. The molecular formula is C7H7N3S. The second-order valence-electron chi connectivity index (χ2n) is 2.11. The van der Waals surface area contributed by atoms with Gasteiger partial charge in [0.2, 0.25) is 0 Å². The normalized spacial score (nSPS) is 9.09. The minimum Gasteiger partial charge on any atom is -0.397 e. The molecule has 0 spiro atoms. The number of benzene rings is 1. The smallest absolute Gasteiger partial charge is 0.100 e. The Morgan fingerprint density at radius 1 is 1.27 bits per heavy atom. The minimum absolute atomic E-state index is 0.416. The highest BCUT2D eigenvalue weighted by molar-refractivity contribution is 7.80. The summed E-state index contributed by atoms with van der Waals surface area (Å²) in [5.74, 6) is 0. The van der Waals surface area contributed by atoms with Crippen molar-refractivity contribution >= 4 is 24.0 Å². The van der Waals surface area contributed by atoms with Crippen LogP contribution in [0.5, 0.6) is 0 Å². The van der Waals surface area contributed by atoms with Gasteiger partial charge in [0.15, 0.2) is 0 Å². The second kappa shape index (κ2) is 2.72. The number of rotatable bonds is 0. The Morgan fingerprint density at radius 3 is 2.36 bits per heavy atom. The Morgan fingerprint density at radius 2 is 1.82 bits per heavy atom. The van der Waals surface area contributed by atoms with E-state index in [0.717, 1.165) is 0 Å². The van der Waals surface area contributed by atoms with Crippen molar-refractivity contribution < 1.29 is 0 Å². The average Bonchev–Trinajstić information content (AvgIpc) is 1.97. The molecule has 0 aromatic heterocycles. The molecule has 0 amide bonds. The summed E-state index contributed by atoms with van der Waals surface area (Å²) in [6, 6.07) is 5.03. The van der Waals surface area contributed by atoms with E-state index < -0.39 is 0 Å². The van der Waals surface area contributed by atoms with Crippen LogP contribution in [0.2, 0.25) is 0 Å². The zero-order chi connectivity index (χ0) is 8.43. The molecule has 0 heterocycles. The number of nitrogen functional groups attached to an aromatic ring is 2. The Kier molecular flexibility index (Phi) is 1.92. The van der Waals surface area contributed by atoms with E-state index in [1.165, 1.54) is 6.07 Å². The summed E-state index contributed by atoms with van der Waals surface area (Å²) >= 11 is 4.04. The van der Waals surface area contributed by atoms with Gasteiger partial charge in [-0.25, -0.2) is 0 Å². The average molecular weight is 165 g/mol. The molecule has 0 aliphatic rings. The number of nitriles is 1. The Hall–Kier alpha value is -1.34. The van der Waals surface area contributed by atoms with Gasteiger partial charge in [0.05, 0.1) is 16.9 Å². The molecule has 3 nitrogen and oxygen atoms in total. The molecule has 0 radical (unpaired) electrons. The van der Waals surface area contributed by atoms with Crippen molar-refractivity contribution in [1.82, 2.24) is 0 Å². The first-order valence-electron chi connectivity index (χ1n) is 2.93. The SMILES string of the molecule is N#Cc1cc(N)c(N)cc1S. The highest BCUT2D eigenvalue weighted by atomic mass is 32.1. The fourth-order valence-corrected chi connectivity index (χ4v) is 0.964. The van der Waals surface area contributed by atoms with Gasteiger partial charge in [-0.1, -0.05) is 0 Å². The summed E-state index contributed by atoms with van der Waals surface area (Å²) in [6.45, 7) is 0. The standard InChI is InChI=1S/C7H7N3S/c8-3-4-1-5(9)6(10)2-7(4)11/h1-2,11H,9-10H2. The molecule has 4 heteroatoms. The van der Waals surface area contributed by atoms with Crippen molar-refractivity contribution in [3.8, 4) is 6.07 Å². The van der Waals surface area contributed by atoms with Crippen molar-refractivity contribution in [1.29, 1.82) is 5.26 Å². The predicted molar refractivity (Wildman–Crippen MR) is 47.2 cm³/mol. The lowest BCUT2D eigenvalue weighted by atomic mass is 10.2. The van der Waals surface area contributed by atoms with E-state index in [0.29, 0.717) is 21.8 Å². The highest BCUT2D eigenvalue weighted by Gasteiger charge is 2.01. The minimum atomic E-state index is 0.416. The maximum atomic E-state index is 8.54. The Labute approximate surface area is 70.0 Å². The van der Waals surface area contributed by atoms with Crippen molar-refractivity contribution in [3.05, 3.63) is 17.7 Å². The fraction of sp³-hybridized carbons (Fsp3) is 0. The van der Waals surface area contributed by atoms with Crippen LogP contribution >= 0.6 is 12.6 Å². The van der Waals surface area contributed by atoms with Crippen LogP contribution in [0.15, 0.2) is 17.0 Å². The van der Waals surface area contributed by atoms with Crippen molar-refractivity contribution in [3.63, 3.8) is 0 Å². The summed E-state index contributed by atoms with van der Waals surface area (Å²) in [6.07, 6.45) is 0. The van der Waals surface area contributed by atoms with Gasteiger partial charge in [-0.05, 0) is 12.1 Å². The zero-order valence-corrected chi connectivity index (χ0v) is 6.60. The van der Waals surface area contributed by atoms with Crippen LogP contribution in [0.4, 0.5) is 11.4 Å². The van der Waals surface area contributed by atoms with E-state index in [1.54, 1.807) is 6.07 Å². The van der Waals surface area contributed by atoms with Gasteiger partial charge in [0.25, 0.3) is 0 Å². The van der Waals surface area contributed by atoms with Gasteiger partial charge >= 0.3 is 0 Å². The molecule has 0 unspecified atom stereocenters. The van der Waals surface area contributed by atoms with Crippen LogP contribution in [0.25, 0.3) is 0 Å². The van der Waals surface area contributed by atoms with Crippen LogP contribution in [-0.4, -0.2) is 0 Å². The Balaban J connectivity index is 3.35. The first kappa shape index (κ1) is 7.76. The number of hydrogen-bond acceptors (Lipinski definition) is 4. The lowest BCUT2D eigenvalue weighted by Crippen LogP contribution is -1.95. The van der Waals surface area contributed by atoms with Gasteiger partial charge in [0, 0.05) is 4.90 Å². The zero-order valence-electron chi connectivity index (χ0n) is 5.70. The highest BCUT2D eigenvalue weighted by Crippen LogP contribution is 2.22. The molecule has 0 saturated heterocycles. The quantitative estimate of drug-likeness (QED) is 0.396. The number of anilines is 2. The lowest BCUT2D eigenvalue weighted by molar-refractivity contribution is 1.38. The summed E-state index contributed by atoms with van der Waals surface area (Å²) in [4.78, 5) is 0.555. The van der Waals surface area contributed by atoms with E-state index in [9.17, 15) is 0 Å². The van der Waals surface area contributed by atoms with Gasteiger partial charge in [-0.3, -0.25) is 0 Å². The summed E-state index contributed by atoms with van der Waals surface area (Å²) < 4.78 is 0. The van der Waals surface area contributed by atoms with Crippen LogP contribution < -0.4 is 11.5 Å². The number of thiol groups is 1. The van der Waals surface area contributed by atoms with Gasteiger partial charge in [0.1, 0.15) is 6.07 Å². The third kappa shape index (κ3) is 1.38. The van der Waals surface area contributed by atoms with E-state index in [4.69, 9.17) is 16.7 Å². The van der Waals surface area contributed by atoms with Crippen LogP contribution in [0, 0.1) is 11.3 Å². The maximum Gasteiger partial charge on any atom is 0.100 e. The molecule has 1 aromatic carbocycles. The van der Waals surface area contributed by atoms with Crippen LogP contribution in [-0.2, 0) is 0 Å². The molecule has 0 bridgehead atoms. The van der Waals surface area contributed by atoms with E-state index in [-0.39, 0.29) is 0 Å². The predicted octanol–water partition coefficient (Wildman–Crippen LogP) is 1.01. The lowest BCUT2D eigenvalue weighted by Gasteiger charge is -2.01. The first-order valence-corrected chi connectivity index (χ1v) is 3.38. The second-order valence-corrected chi connectivity index (χ2v) is 2.59. The third-order valence-corrected chi connectivity index (χ3v) is 1.69. The number of hydrogen-bond donors (Lipinski definition) is 3. The molecule has 0 saturated carbocycles. The van der Waals surface area contributed by atoms with E-state index in [2.05, 4.69) is 12.6 Å². The summed E-state index contributed by atoms with van der Waals surface area (Å²) in [7, 11) is 0. The van der Waals surface area contributed by atoms with Gasteiger partial charge in [-0.15, -0.1) is 12.6 Å². The molecule has 1 aromatic rings. The monoisotopic (exact) mass is 165 g/mol. The van der Waals surface area contributed by atoms with Crippen molar-refractivity contribution in [2.24, 2.45) is 0 Å². The number of nitrogens with two attached hydrogens (primary N) is 2. The van der Waals surface area contributed by atoms with Crippen molar-refractivity contribution in [2.45, 2.75) is 4.90 Å².